The van der Waals surface area contributed by atoms with E-state index in [1.807, 2.05) is 0 Å². The van der Waals surface area contributed by atoms with E-state index < -0.39 is 11.5 Å². The highest BCUT2D eigenvalue weighted by Crippen LogP contribution is 2.43. The third-order valence-electron chi connectivity index (χ3n) is 3.96. The van der Waals surface area contributed by atoms with Gasteiger partial charge in [-0.2, -0.15) is 0 Å². The predicted octanol–water partition coefficient (Wildman–Crippen LogP) is 1.62. The Balaban J connectivity index is 2.28. The number of hydrogen-bond acceptors (Lipinski definition) is 3. The van der Waals surface area contributed by atoms with Crippen LogP contribution in [0.4, 0.5) is 0 Å². The number of ketones is 2. The van der Waals surface area contributed by atoms with Crippen LogP contribution in [-0.2, 0) is 9.59 Å². The molecule has 0 radical (unpaired) electrons. The van der Waals surface area contributed by atoms with E-state index in [0.29, 0.717) is 25.7 Å². The molecule has 2 atom stereocenters. The fraction of sp³-hybridized carbons (Fsp3) is 0.833. The van der Waals surface area contributed by atoms with E-state index in [2.05, 4.69) is 0 Å². The molecule has 0 saturated heterocycles. The van der Waals surface area contributed by atoms with Crippen LogP contribution in [0.2, 0.25) is 0 Å². The van der Waals surface area contributed by atoms with Gasteiger partial charge < -0.3 is 5.11 Å². The second-order valence-corrected chi connectivity index (χ2v) is 4.86. The highest BCUT2D eigenvalue weighted by atomic mass is 16.3. The summed E-state index contributed by atoms with van der Waals surface area (Å²) in [4.78, 5) is 23.6. The Labute approximate surface area is 89.9 Å². The largest absolute Gasteiger partial charge is 0.384 e. The maximum absolute atomic E-state index is 12.0. The molecule has 2 fully saturated rings. The van der Waals surface area contributed by atoms with Crippen LogP contribution in [0, 0.1) is 5.41 Å². The molecule has 1 N–H and O–H groups in total. The molecule has 0 bridgehead atoms. The fourth-order valence-electron chi connectivity index (χ4n) is 2.99. The molecule has 3 nitrogen and oxygen atoms in total. The molecule has 0 heterocycles. The maximum Gasteiger partial charge on any atom is 0.162 e. The highest BCUT2D eigenvalue weighted by Gasteiger charge is 2.48. The lowest BCUT2D eigenvalue weighted by molar-refractivity contribution is -0.149. The van der Waals surface area contributed by atoms with E-state index >= 15 is 0 Å². The number of aliphatic hydroxyl groups excluding tert-OH is 1. The van der Waals surface area contributed by atoms with Crippen molar-refractivity contribution in [3.8, 4) is 0 Å². The highest BCUT2D eigenvalue weighted by molar-refractivity contribution is 5.94. The molecule has 0 aromatic heterocycles. The van der Waals surface area contributed by atoms with Crippen LogP contribution in [0.25, 0.3) is 0 Å². The Morgan fingerprint density at radius 1 is 1.00 bits per heavy atom. The lowest BCUT2D eigenvalue weighted by Crippen LogP contribution is -2.47. The van der Waals surface area contributed by atoms with Gasteiger partial charge in [-0.1, -0.05) is 12.8 Å². The molecule has 3 heteroatoms. The Bertz CT molecular complexity index is 285. The lowest BCUT2D eigenvalue weighted by atomic mass is 9.66. The number of Topliss-reactive ketones (excluding diaryl/α,β-unsaturated/α-hetero) is 2. The molecule has 0 aromatic rings. The molecule has 0 unspecified atom stereocenters. The van der Waals surface area contributed by atoms with Crippen molar-refractivity contribution in [2.75, 3.05) is 0 Å². The number of carbonyl (C=O) groups excluding carboxylic acids is 2. The van der Waals surface area contributed by atoms with Gasteiger partial charge in [0.15, 0.2) is 5.78 Å². The Hall–Kier alpha value is -0.700. The summed E-state index contributed by atoms with van der Waals surface area (Å²) >= 11 is 0. The fourth-order valence-corrected chi connectivity index (χ4v) is 2.99. The average molecular weight is 210 g/mol. The van der Waals surface area contributed by atoms with Gasteiger partial charge in [0, 0.05) is 12.8 Å². The molecular weight excluding hydrogens is 192 g/mol. The van der Waals surface area contributed by atoms with Crippen LogP contribution in [0.5, 0.6) is 0 Å². The second kappa shape index (κ2) is 4.05. The van der Waals surface area contributed by atoms with Gasteiger partial charge in [0.05, 0.1) is 5.41 Å². The first-order valence-corrected chi connectivity index (χ1v) is 5.91. The molecule has 0 aliphatic heterocycles. The molecule has 1 spiro atoms. The quantitative estimate of drug-likeness (QED) is 0.661. The Morgan fingerprint density at radius 2 is 1.60 bits per heavy atom. The van der Waals surface area contributed by atoms with Crippen LogP contribution >= 0.6 is 0 Å². The summed E-state index contributed by atoms with van der Waals surface area (Å²) in [5.74, 6) is -0.000694. The molecule has 0 amide bonds. The summed E-state index contributed by atoms with van der Waals surface area (Å²) in [5.41, 5.74) is -0.703. The van der Waals surface area contributed by atoms with Crippen molar-refractivity contribution in [3.05, 3.63) is 0 Å². The molecule has 84 valence electrons. The third kappa shape index (κ3) is 1.73. The van der Waals surface area contributed by atoms with Gasteiger partial charge in [-0.15, -0.1) is 0 Å². The Kier molecular flexibility index (Phi) is 2.91. The smallest absolute Gasteiger partial charge is 0.162 e. The van der Waals surface area contributed by atoms with Crippen molar-refractivity contribution in [2.45, 2.75) is 57.5 Å². The summed E-state index contributed by atoms with van der Waals surface area (Å²) in [6, 6.07) is 0. The molecular formula is C12H18O3. The molecule has 2 aliphatic rings. The zero-order valence-corrected chi connectivity index (χ0v) is 9.00. The lowest BCUT2D eigenvalue weighted by Gasteiger charge is -2.37. The van der Waals surface area contributed by atoms with Crippen molar-refractivity contribution < 1.29 is 14.7 Å². The van der Waals surface area contributed by atoms with Crippen molar-refractivity contribution in [1.82, 2.24) is 0 Å². The van der Waals surface area contributed by atoms with Gasteiger partial charge in [-0.05, 0) is 25.7 Å². The van der Waals surface area contributed by atoms with Crippen LogP contribution in [0.15, 0.2) is 0 Å². The summed E-state index contributed by atoms with van der Waals surface area (Å²) in [6.07, 6.45) is 4.99. The SMILES string of the molecule is O=C1CCCC[C@@]2(CCCCC2=O)[C@@H]1O. The molecule has 0 aromatic carbocycles. The molecule has 2 rings (SSSR count). The van der Waals surface area contributed by atoms with E-state index in [1.165, 1.54) is 0 Å². The van der Waals surface area contributed by atoms with Crippen LogP contribution in [-0.4, -0.2) is 22.8 Å². The third-order valence-corrected chi connectivity index (χ3v) is 3.96. The van der Waals surface area contributed by atoms with E-state index in [1.54, 1.807) is 0 Å². The minimum atomic E-state index is -1.02. The number of aliphatic hydroxyl groups is 1. The zero-order chi connectivity index (χ0) is 10.9. The summed E-state index contributed by atoms with van der Waals surface area (Å²) in [7, 11) is 0. The van der Waals surface area contributed by atoms with E-state index in [-0.39, 0.29) is 11.6 Å². The van der Waals surface area contributed by atoms with Gasteiger partial charge in [0.2, 0.25) is 0 Å². The van der Waals surface area contributed by atoms with E-state index in [4.69, 9.17) is 0 Å². The van der Waals surface area contributed by atoms with Gasteiger partial charge in [0.25, 0.3) is 0 Å². The predicted molar refractivity (Wildman–Crippen MR) is 55.4 cm³/mol. The van der Waals surface area contributed by atoms with Crippen LogP contribution < -0.4 is 0 Å². The topological polar surface area (TPSA) is 54.4 Å². The first kappa shape index (κ1) is 10.8. The molecule has 2 aliphatic carbocycles. The summed E-state index contributed by atoms with van der Waals surface area (Å²) < 4.78 is 0. The first-order chi connectivity index (χ1) is 7.17. The second-order valence-electron chi connectivity index (χ2n) is 4.86. The van der Waals surface area contributed by atoms with E-state index in [9.17, 15) is 14.7 Å². The summed E-state index contributed by atoms with van der Waals surface area (Å²) in [5, 5.41) is 10.0. The molecule has 2 saturated carbocycles. The molecule has 15 heavy (non-hydrogen) atoms. The number of rotatable bonds is 0. The normalized spacial score (nSPS) is 38.1. The standard InChI is InChI=1S/C12H18O3/c13-9-5-1-3-7-12(11(9)15)8-4-2-6-10(12)14/h11,15H,1-8H2/t11-,12+/m1/s1. The van der Waals surface area contributed by atoms with Gasteiger partial charge in [-0.25, -0.2) is 0 Å². The van der Waals surface area contributed by atoms with Crippen molar-refractivity contribution in [2.24, 2.45) is 5.41 Å². The van der Waals surface area contributed by atoms with Gasteiger partial charge >= 0.3 is 0 Å². The van der Waals surface area contributed by atoms with Crippen molar-refractivity contribution in [3.63, 3.8) is 0 Å². The monoisotopic (exact) mass is 210 g/mol. The van der Waals surface area contributed by atoms with Crippen molar-refractivity contribution in [1.29, 1.82) is 0 Å². The van der Waals surface area contributed by atoms with E-state index in [0.717, 1.165) is 25.7 Å². The zero-order valence-electron chi connectivity index (χ0n) is 9.00. The maximum atomic E-state index is 12.0. The summed E-state index contributed by atoms with van der Waals surface area (Å²) in [6.45, 7) is 0. The first-order valence-electron chi connectivity index (χ1n) is 5.91. The van der Waals surface area contributed by atoms with Gasteiger partial charge in [-0.3, -0.25) is 9.59 Å². The minimum absolute atomic E-state index is 0.122. The Morgan fingerprint density at radius 3 is 2.27 bits per heavy atom. The average Bonchev–Trinajstić information content (AvgIpc) is 2.37. The van der Waals surface area contributed by atoms with Gasteiger partial charge in [0.1, 0.15) is 11.9 Å². The van der Waals surface area contributed by atoms with Crippen LogP contribution in [0.3, 0.4) is 0 Å². The minimum Gasteiger partial charge on any atom is -0.384 e. The van der Waals surface area contributed by atoms with Crippen LogP contribution in [0.1, 0.15) is 51.4 Å². The number of hydrogen-bond donors (Lipinski definition) is 1. The number of carbonyl (C=O) groups is 2. The van der Waals surface area contributed by atoms with Crippen molar-refractivity contribution >= 4 is 11.6 Å².